The van der Waals surface area contributed by atoms with Crippen LogP contribution in [0.15, 0.2) is 11.3 Å². The van der Waals surface area contributed by atoms with Crippen LogP contribution in [0.1, 0.15) is 13.3 Å². The zero-order valence-corrected chi connectivity index (χ0v) is 10.6. The third-order valence-corrected chi connectivity index (χ3v) is 4.28. The molecule has 0 aromatic carbocycles. The molecule has 3 heterocycles. The summed E-state index contributed by atoms with van der Waals surface area (Å²) in [4.78, 5) is 24.8. The van der Waals surface area contributed by atoms with Crippen molar-refractivity contribution in [3.63, 3.8) is 0 Å². The SMILES string of the molecule is C[C@@H](O)[C@H]1C(=O)N2C(C(=O)O)=C(C3CNNC3)C[C@H]12. The Labute approximate surface area is 110 Å². The lowest BCUT2D eigenvalue weighted by Gasteiger charge is -2.44. The summed E-state index contributed by atoms with van der Waals surface area (Å²) in [6, 6.07) is -0.186. The molecule has 0 aromatic rings. The van der Waals surface area contributed by atoms with E-state index in [-0.39, 0.29) is 23.6 Å². The third kappa shape index (κ3) is 1.69. The molecule has 104 valence electrons. The van der Waals surface area contributed by atoms with Crippen LogP contribution in [0.3, 0.4) is 0 Å². The van der Waals surface area contributed by atoms with Crippen LogP contribution in [-0.4, -0.2) is 52.2 Å². The molecule has 0 aromatic heterocycles. The van der Waals surface area contributed by atoms with Crippen molar-refractivity contribution >= 4 is 11.9 Å². The van der Waals surface area contributed by atoms with Crippen molar-refractivity contribution in [3.05, 3.63) is 11.3 Å². The van der Waals surface area contributed by atoms with Crippen LogP contribution in [0.2, 0.25) is 0 Å². The monoisotopic (exact) mass is 267 g/mol. The minimum absolute atomic E-state index is 0.0964. The fraction of sp³-hybridized carbons (Fsp3) is 0.667. The Morgan fingerprint density at radius 1 is 1.42 bits per heavy atom. The van der Waals surface area contributed by atoms with E-state index >= 15 is 0 Å². The summed E-state index contributed by atoms with van der Waals surface area (Å²) in [5.41, 5.74) is 6.89. The summed E-state index contributed by atoms with van der Waals surface area (Å²) < 4.78 is 0. The van der Waals surface area contributed by atoms with Crippen molar-refractivity contribution in [2.24, 2.45) is 11.8 Å². The molecule has 0 unspecified atom stereocenters. The van der Waals surface area contributed by atoms with Gasteiger partial charge in [-0.05, 0) is 18.9 Å². The molecule has 2 fully saturated rings. The van der Waals surface area contributed by atoms with E-state index in [0.717, 1.165) is 5.57 Å². The molecular weight excluding hydrogens is 250 g/mol. The van der Waals surface area contributed by atoms with Gasteiger partial charge in [-0.25, -0.2) is 4.79 Å². The summed E-state index contributed by atoms with van der Waals surface area (Å²) in [6.07, 6.45) is -0.181. The minimum atomic E-state index is -1.05. The van der Waals surface area contributed by atoms with Crippen molar-refractivity contribution in [2.45, 2.75) is 25.5 Å². The fourth-order valence-electron chi connectivity index (χ4n) is 3.38. The average Bonchev–Trinajstić information content (AvgIpc) is 2.92. The lowest BCUT2D eigenvalue weighted by Crippen LogP contribution is -2.61. The van der Waals surface area contributed by atoms with Gasteiger partial charge >= 0.3 is 5.97 Å². The molecule has 3 atom stereocenters. The number of aliphatic hydroxyl groups excluding tert-OH is 1. The summed E-state index contributed by atoms with van der Waals surface area (Å²) in [5, 5.41) is 19.0. The first kappa shape index (κ1) is 12.6. The highest BCUT2D eigenvalue weighted by molar-refractivity contribution is 5.99. The van der Waals surface area contributed by atoms with Crippen LogP contribution in [0.25, 0.3) is 0 Å². The number of β-lactam (4-membered cyclic amide) rings is 1. The second-order valence-corrected chi connectivity index (χ2v) is 5.38. The number of carboxylic acids is 1. The largest absolute Gasteiger partial charge is 0.477 e. The number of hydrogen-bond donors (Lipinski definition) is 4. The lowest BCUT2D eigenvalue weighted by molar-refractivity contribution is -0.161. The molecule has 0 aliphatic carbocycles. The minimum Gasteiger partial charge on any atom is -0.477 e. The maximum atomic E-state index is 12.0. The molecule has 4 N–H and O–H groups in total. The van der Waals surface area contributed by atoms with Crippen molar-refractivity contribution in [3.8, 4) is 0 Å². The molecule has 2 saturated heterocycles. The molecule has 0 saturated carbocycles. The maximum absolute atomic E-state index is 12.0. The topological polar surface area (TPSA) is 102 Å². The normalized spacial score (nSPS) is 32.5. The number of hydrazine groups is 1. The second kappa shape index (κ2) is 4.29. The Morgan fingerprint density at radius 3 is 2.58 bits per heavy atom. The Kier molecular flexibility index (Phi) is 2.84. The van der Waals surface area contributed by atoms with Crippen LogP contribution in [0.5, 0.6) is 0 Å². The highest BCUT2D eigenvalue weighted by Crippen LogP contribution is 2.45. The van der Waals surface area contributed by atoms with Gasteiger partial charge in [0, 0.05) is 19.0 Å². The quantitative estimate of drug-likeness (QED) is 0.472. The Morgan fingerprint density at radius 2 is 2.05 bits per heavy atom. The van der Waals surface area contributed by atoms with E-state index in [0.29, 0.717) is 19.5 Å². The number of carbonyl (C=O) groups is 2. The number of carboxylic acid groups (broad SMARTS) is 1. The molecule has 7 nitrogen and oxygen atoms in total. The first-order valence-corrected chi connectivity index (χ1v) is 6.45. The molecule has 0 bridgehead atoms. The van der Waals surface area contributed by atoms with E-state index in [1.807, 2.05) is 0 Å². The first-order chi connectivity index (χ1) is 9.02. The van der Waals surface area contributed by atoms with E-state index in [2.05, 4.69) is 10.9 Å². The van der Waals surface area contributed by atoms with E-state index in [1.54, 1.807) is 6.92 Å². The van der Waals surface area contributed by atoms with E-state index in [1.165, 1.54) is 4.90 Å². The van der Waals surface area contributed by atoms with Gasteiger partial charge in [0.1, 0.15) is 5.70 Å². The molecule has 0 spiro atoms. The summed E-state index contributed by atoms with van der Waals surface area (Å²) in [7, 11) is 0. The number of rotatable bonds is 3. The van der Waals surface area contributed by atoms with Gasteiger partial charge in [-0.2, -0.15) is 0 Å². The van der Waals surface area contributed by atoms with E-state index in [4.69, 9.17) is 0 Å². The van der Waals surface area contributed by atoms with Gasteiger partial charge in [-0.3, -0.25) is 15.6 Å². The van der Waals surface area contributed by atoms with Crippen molar-refractivity contribution in [1.82, 2.24) is 15.8 Å². The Balaban J connectivity index is 1.91. The summed E-state index contributed by atoms with van der Waals surface area (Å²) in [6.45, 7) is 2.91. The second-order valence-electron chi connectivity index (χ2n) is 5.38. The van der Waals surface area contributed by atoms with E-state index < -0.39 is 18.0 Å². The van der Waals surface area contributed by atoms with Gasteiger partial charge in [-0.1, -0.05) is 0 Å². The first-order valence-electron chi connectivity index (χ1n) is 6.45. The zero-order chi connectivity index (χ0) is 13.7. The molecule has 1 amide bonds. The molecular formula is C12H17N3O4. The number of nitrogens with one attached hydrogen (secondary N) is 2. The van der Waals surface area contributed by atoms with Gasteiger partial charge < -0.3 is 15.1 Å². The molecule has 19 heavy (non-hydrogen) atoms. The van der Waals surface area contributed by atoms with Crippen LogP contribution in [0, 0.1) is 11.8 Å². The predicted octanol–water partition coefficient (Wildman–Crippen LogP) is -1.34. The van der Waals surface area contributed by atoms with Gasteiger partial charge in [0.25, 0.3) is 0 Å². The van der Waals surface area contributed by atoms with Gasteiger partial charge in [-0.15, -0.1) is 0 Å². The number of nitrogens with zero attached hydrogens (tertiary/aromatic N) is 1. The number of carbonyl (C=O) groups excluding carboxylic acids is 1. The zero-order valence-electron chi connectivity index (χ0n) is 10.6. The van der Waals surface area contributed by atoms with Crippen LogP contribution >= 0.6 is 0 Å². The summed E-state index contributed by atoms with van der Waals surface area (Å²) >= 11 is 0. The standard InChI is InChI=1S/C12H17N3O4/c1-5(16)9-8-2-7(6-3-13-14-4-6)10(12(18)19)15(8)11(9)17/h5-6,8-9,13-14,16H,2-4H2,1H3,(H,18,19)/t5-,8-,9-/m1/s1. The number of aliphatic carboxylic acids is 1. The lowest BCUT2D eigenvalue weighted by atomic mass is 9.82. The highest BCUT2D eigenvalue weighted by Gasteiger charge is 2.57. The molecule has 3 rings (SSSR count). The number of fused-ring (bicyclic) bond motifs is 1. The van der Waals surface area contributed by atoms with Gasteiger partial charge in [0.2, 0.25) is 5.91 Å². The fourth-order valence-corrected chi connectivity index (χ4v) is 3.38. The highest BCUT2D eigenvalue weighted by atomic mass is 16.4. The van der Waals surface area contributed by atoms with E-state index in [9.17, 15) is 19.8 Å². The third-order valence-electron chi connectivity index (χ3n) is 4.28. The van der Waals surface area contributed by atoms with Gasteiger partial charge in [0.15, 0.2) is 0 Å². The maximum Gasteiger partial charge on any atom is 0.352 e. The average molecular weight is 267 g/mol. The van der Waals surface area contributed by atoms with Crippen molar-refractivity contribution in [2.75, 3.05) is 13.1 Å². The Hall–Kier alpha value is -1.44. The van der Waals surface area contributed by atoms with Crippen molar-refractivity contribution < 1.29 is 19.8 Å². The molecule has 3 aliphatic heterocycles. The smallest absolute Gasteiger partial charge is 0.352 e. The predicted molar refractivity (Wildman–Crippen MR) is 64.6 cm³/mol. The molecule has 7 heteroatoms. The molecule has 0 radical (unpaired) electrons. The summed E-state index contributed by atoms with van der Waals surface area (Å²) in [5.74, 6) is -1.69. The van der Waals surface area contributed by atoms with Crippen LogP contribution in [-0.2, 0) is 9.59 Å². The van der Waals surface area contributed by atoms with Crippen LogP contribution in [0.4, 0.5) is 0 Å². The Bertz CT molecular complexity index is 468. The van der Waals surface area contributed by atoms with Gasteiger partial charge in [0.05, 0.1) is 18.1 Å². The van der Waals surface area contributed by atoms with Crippen LogP contribution < -0.4 is 10.9 Å². The number of amides is 1. The number of aliphatic hydroxyl groups is 1. The number of hydrogen-bond acceptors (Lipinski definition) is 5. The molecule has 3 aliphatic rings. The van der Waals surface area contributed by atoms with Crippen molar-refractivity contribution in [1.29, 1.82) is 0 Å².